The van der Waals surface area contributed by atoms with Crippen molar-refractivity contribution in [3.05, 3.63) is 99.1 Å². The summed E-state index contributed by atoms with van der Waals surface area (Å²) in [5.41, 5.74) is 0.0357. The van der Waals surface area contributed by atoms with Crippen LogP contribution in [0.15, 0.2) is 72.9 Å². The number of aromatic amines is 1. The SMILES string of the molecule is O=C1C2C(c3cc(Cl)cc(Cl)c3Cl)NC(Cc3c[nH]c4ccccc34)(C(=O)O)C2C(=O)N1CCOc1ccccc1. The summed E-state index contributed by atoms with van der Waals surface area (Å²) >= 11 is 19.2. The Balaban J connectivity index is 1.42. The molecule has 0 spiro atoms. The van der Waals surface area contributed by atoms with Crippen LogP contribution in [0.25, 0.3) is 10.9 Å². The number of aliphatic carboxylic acids is 1. The number of likely N-dealkylation sites (tertiary alicyclic amines) is 1. The predicted molar refractivity (Wildman–Crippen MR) is 155 cm³/mol. The van der Waals surface area contributed by atoms with Gasteiger partial charge in [0.1, 0.15) is 17.9 Å². The fourth-order valence-electron chi connectivity index (χ4n) is 6.14. The van der Waals surface area contributed by atoms with Crippen molar-refractivity contribution >= 4 is 63.5 Å². The number of carbonyl (C=O) groups is 3. The Labute approximate surface area is 250 Å². The van der Waals surface area contributed by atoms with Crippen LogP contribution in [0.1, 0.15) is 17.2 Å². The molecule has 41 heavy (non-hydrogen) atoms. The van der Waals surface area contributed by atoms with Gasteiger partial charge in [0.25, 0.3) is 0 Å². The molecular weight excluding hydrogens is 589 g/mol. The highest BCUT2D eigenvalue weighted by Gasteiger charge is 2.68. The van der Waals surface area contributed by atoms with E-state index in [1.165, 1.54) is 6.07 Å². The molecule has 4 unspecified atom stereocenters. The van der Waals surface area contributed by atoms with Crippen molar-refractivity contribution in [2.24, 2.45) is 11.8 Å². The molecule has 8 nitrogen and oxygen atoms in total. The number of benzene rings is 3. The van der Waals surface area contributed by atoms with Crippen molar-refractivity contribution in [3.63, 3.8) is 0 Å². The zero-order valence-corrected chi connectivity index (χ0v) is 23.7. The lowest BCUT2D eigenvalue weighted by Crippen LogP contribution is -2.57. The minimum atomic E-state index is -1.83. The molecule has 4 atom stereocenters. The smallest absolute Gasteiger partial charge is 0.325 e. The Morgan fingerprint density at radius 3 is 2.49 bits per heavy atom. The summed E-state index contributed by atoms with van der Waals surface area (Å²) in [6.07, 6.45) is 1.67. The summed E-state index contributed by atoms with van der Waals surface area (Å²) in [5, 5.41) is 15.3. The second kappa shape index (κ2) is 10.7. The highest BCUT2D eigenvalue weighted by atomic mass is 35.5. The molecule has 0 aliphatic carbocycles. The fraction of sp³-hybridized carbons (Fsp3) is 0.233. The van der Waals surface area contributed by atoms with E-state index < -0.39 is 41.2 Å². The summed E-state index contributed by atoms with van der Waals surface area (Å²) in [4.78, 5) is 45.4. The standard InChI is InChI=1S/C30H24Cl3N3O5/c31-17-12-20(25(33)21(32)13-17)26-23-24(28(38)36(27(23)37)10-11-41-18-6-2-1-3-7-18)30(35-26,29(39)40)14-16-15-34-22-9-5-4-8-19(16)22/h1-9,12-13,15,23-24,26,34-35H,10-11,14H2,(H,39,40). The Hall–Kier alpha value is -3.56. The first-order valence-electron chi connectivity index (χ1n) is 12.9. The van der Waals surface area contributed by atoms with Crippen molar-refractivity contribution in [2.45, 2.75) is 18.0 Å². The number of ether oxygens (including phenoxy) is 1. The van der Waals surface area contributed by atoms with Gasteiger partial charge >= 0.3 is 5.97 Å². The monoisotopic (exact) mass is 611 g/mol. The normalized spacial score (nSPS) is 23.8. The van der Waals surface area contributed by atoms with E-state index in [9.17, 15) is 19.5 Å². The maximum absolute atomic E-state index is 14.0. The number of aromatic nitrogens is 1. The van der Waals surface area contributed by atoms with Crippen molar-refractivity contribution < 1.29 is 24.2 Å². The van der Waals surface area contributed by atoms with Crippen molar-refractivity contribution in [1.29, 1.82) is 0 Å². The number of imide groups is 1. The maximum atomic E-state index is 14.0. The average Bonchev–Trinajstić information content (AvgIpc) is 3.60. The number of nitrogens with zero attached hydrogens (tertiary/aromatic N) is 1. The first kappa shape index (κ1) is 27.6. The number of hydrogen-bond donors (Lipinski definition) is 3. The third-order valence-corrected chi connectivity index (χ3v) is 8.99. The number of rotatable bonds is 8. The largest absolute Gasteiger partial charge is 0.492 e. The molecule has 0 radical (unpaired) electrons. The van der Waals surface area contributed by atoms with Crippen molar-refractivity contribution in [2.75, 3.05) is 13.2 Å². The number of hydrogen-bond acceptors (Lipinski definition) is 5. The van der Waals surface area contributed by atoms with Crippen LogP contribution in [0.2, 0.25) is 15.1 Å². The molecule has 11 heteroatoms. The van der Waals surface area contributed by atoms with E-state index in [0.717, 1.165) is 15.8 Å². The molecule has 1 aromatic heterocycles. The maximum Gasteiger partial charge on any atom is 0.325 e. The summed E-state index contributed by atoms with van der Waals surface area (Å²) in [6.45, 7) is 0.00436. The lowest BCUT2D eigenvalue weighted by atomic mass is 9.76. The lowest BCUT2D eigenvalue weighted by Gasteiger charge is -2.31. The number of carboxylic acids is 1. The van der Waals surface area contributed by atoms with E-state index >= 15 is 0 Å². The van der Waals surface area contributed by atoms with Gasteiger partial charge in [-0.15, -0.1) is 0 Å². The van der Waals surface area contributed by atoms with Crippen LogP contribution >= 0.6 is 34.8 Å². The van der Waals surface area contributed by atoms with Gasteiger partial charge in [-0.05, 0) is 41.5 Å². The summed E-state index contributed by atoms with van der Waals surface area (Å²) in [6, 6.07) is 18.6. The van der Waals surface area contributed by atoms with E-state index in [1.54, 1.807) is 24.4 Å². The average molecular weight is 613 g/mol. The van der Waals surface area contributed by atoms with Crippen LogP contribution in [0, 0.1) is 11.8 Å². The summed E-state index contributed by atoms with van der Waals surface area (Å²) < 4.78 is 5.74. The van der Waals surface area contributed by atoms with E-state index in [0.29, 0.717) is 16.9 Å². The third-order valence-electron chi connectivity index (χ3n) is 7.95. The molecule has 0 saturated carbocycles. The molecular formula is C30H24Cl3N3O5. The van der Waals surface area contributed by atoms with Gasteiger partial charge in [-0.1, -0.05) is 71.2 Å². The van der Waals surface area contributed by atoms with Crippen LogP contribution in [0.3, 0.4) is 0 Å². The first-order valence-corrected chi connectivity index (χ1v) is 14.1. The highest BCUT2D eigenvalue weighted by Crippen LogP contribution is 2.52. The van der Waals surface area contributed by atoms with Gasteiger partial charge in [0.15, 0.2) is 0 Å². The van der Waals surface area contributed by atoms with Crippen LogP contribution in [0.4, 0.5) is 0 Å². The molecule has 3 aromatic carbocycles. The van der Waals surface area contributed by atoms with E-state index in [-0.39, 0.29) is 34.6 Å². The number of H-pyrrole nitrogens is 1. The zero-order valence-electron chi connectivity index (χ0n) is 21.4. The second-order valence-electron chi connectivity index (χ2n) is 10.2. The first-order chi connectivity index (χ1) is 19.7. The van der Waals surface area contributed by atoms with Gasteiger partial charge in [-0.2, -0.15) is 0 Å². The topological polar surface area (TPSA) is 112 Å². The number of fused-ring (bicyclic) bond motifs is 2. The minimum absolute atomic E-state index is 0.0426. The number of carbonyl (C=O) groups excluding carboxylic acids is 2. The second-order valence-corrected chi connectivity index (χ2v) is 11.4. The lowest BCUT2D eigenvalue weighted by molar-refractivity contribution is -0.151. The summed E-state index contributed by atoms with van der Waals surface area (Å²) in [7, 11) is 0. The molecule has 2 saturated heterocycles. The number of amides is 2. The molecule has 2 amide bonds. The quantitative estimate of drug-likeness (QED) is 0.179. The van der Waals surface area contributed by atoms with Gasteiger partial charge in [0.05, 0.1) is 28.4 Å². The Morgan fingerprint density at radius 2 is 1.73 bits per heavy atom. The number of carboxylic acid groups (broad SMARTS) is 1. The Kier molecular flexibility index (Phi) is 7.20. The minimum Gasteiger partial charge on any atom is -0.492 e. The van der Waals surface area contributed by atoms with Crippen LogP contribution in [-0.2, 0) is 20.8 Å². The van der Waals surface area contributed by atoms with Gasteiger partial charge in [0, 0.05) is 34.6 Å². The number of para-hydroxylation sites is 2. The number of nitrogens with one attached hydrogen (secondary N) is 2. The molecule has 3 heterocycles. The fourth-order valence-corrected chi connectivity index (χ4v) is 6.87. The molecule has 2 aliphatic rings. The molecule has 210 valence electrons. The molecule has 4 aromatic rings. The van der Waals surface area contributed by atoms with Crippen molar-refractivity contribution in [1.82, 2.24) is 15.2 Å². The molecule has 2 aliphatic heterocycles. The van der Waals surface area contributed by atoms with Crippen LogP contribution in [0.5, 0.6) is 5.75 Å². The molecule has 0 bridgehead atoms. The Morgan fingerprint density at radius 1 is 1.00 bits per heavy atom. The zero-order chi connectivity index (χ0) is 28.9. The van der Waals surface area contributed by atoms with E-state index in [2.05, 4.69) is 10.3 Å². The van der Waals surface area contributed by atoms with Crippen LogP contribution in [-0.4, -0.2) is 51.5 Å². The van der Waals surface area contributed by atoms with Gasteiger partial charge < -0.3 is 14.8 Å². The highest BCUT2D eigenvalue weighted by molar-refractivity contribution is 6.43. The Bertz CT molecular complexity index is 1680. The molecule has 6 rings (SSSR count). The van der Waals surface area contributed by atoms with E-state index in [1.807, 2.05) is 42.5 Å². The number of halogens is 3. The van der Waals surface area contributed by atoms with Gasteiger partial charge in [0.2, 0.25) is 11.8 Å². The van der Waals surface area contributed by atoms with Gasteiger partial charge in [-0.3, -0.25) is 24.6 Å². The predicted octanol–water partition coefficient (Wildman–Crippen LogP) is 5.52. The third kappa shape index (κ3) is 4.65. The molecule has 3 N–H and O–H groups in total. The summed E-state index contributed by atoms with van der Waals surface area (Å²) in [5.74, 6) is -4.05. The van der Waals surface area contributed by atoms with Crippen LogP contribution < -0.4 is 10.1 Å². The van der Waals surface area contributed by atoms with E-state index in [4.69, 9.17) is 39.5 Å². The van der Waals surface area contributed by atoms with Crippen molar-refractivity contribution in [3.8, 4) is 5.75 Å². The molecule has 2 fully saturated rings. The van der Waals surface area contributed by atoms with Gasteiger partial charge in [-0.25, -0.2) is 0 Å².